The molecule has 1 aromatic carbocycles. The standard InChI is InChI=1S/C18H28N2O3/c1-14(2)20-10-11-23-16(13-20)12-18(21)19-9-8-15-6-4-5-7-17(15)22-3/h4-7,14,16H,8-13H2,1-3H3,(H,19,21)/t16-/m1/s1. The van der Waals surface area contributed by atoms with Crippen LogP contribution in [-0.2, 0) is 16.0 Å². The Morgan fingerprint density at radius 1 is 1.43 bits per heavy atom. The number of hydrogen-bond acceptors (Lipinski definition) is 4. The summed E-state index contributed by atoms with van der Waals surface area (Å²) in [5, 5.41) is 2.98. The lowest BCUT2D eigenvalue weighted by Gasteiger charge is -2.35. The van der Waals surface area contributed by atoms with Crippen molar-refractivity contribution >= 4 is 5.91 Å². The van der Waals surface area contributed by atoms with E-state index in [1.807, 2.05) is 24.3 Å². The topological polar surface area (TPSA) is 50.8 Å². The van der Waals surface area contributed by atoms with Crippen LogP contribution in [0.4, 0.5) is 0 Å². The highest BCUT2D eigenvalue weighted by molar-refractivity contribution is 5.76. The summed E-state index contributed by atoms with van der Waals surface area (Å²) in [7, 11) is 1.66. The number of para-hydroxylation sites is 1. The molecule has 1 aliphatic rings. The first kappa shape index (κ1) is 17.8. The molecule has 1 N–H and O–H groups in total. The van der Waals surface area contributed by atoms with Gasteiger partial charge in [-0.05, 0) is 31.9 Å². The second kappa shape index (κ2) is 8.89. The molecule has 2 rings (SSSR count). The number of rotatable bonds is 7. The monoisotopic (exact) mass is 320 g/mol. The highest BCUT2D eigenvalue weighted by Crippen LogP contribution is 2.17. The molecule has 5 heteroatoms. The molecule has 1 aliphatic heterocycles. The first-order chi connectivity index (χ1) is 11.1. The van der Waals surface area contributed by atoms with E-state index in [-0.39, 0.29) is 12.0 Å². The molecule has 1 amide bonds. The van der Waals surface area contributed by atoms with Crippen molar-refractivity contribution < 1.29 is 14.3 Å². The Balaban J connectivity index is 1.73. The lowest BCUT2D eigenvalue weighted by atomic mass is 10.1. The van der Waals surface area contributed by atoms with Gasteiger partial charge in [-0.3, -0.25) is 9.69 Å². The molecule has 128 valence electrons. The van der Waals surface area contributed by atoms with Gasteiger partial charge in [0.1, 0.15) is 5.75 Å². The van der Waals surface area contributed by atoms with Crippen LogP contribution in [0.2, 0.25) is 0 Å². The van der Waals surface area contributed by atoms with Gasteiger partial charge in [0.25, 0.3) is 0 Å². The van der Waals surface area contributed by atoms with E-state index >= 15 is 0 Å². The molecule has 0 aromatic heterocycles. The summed E-state index contributed by atoms with van der Waals surface area (Å²) in [5.74, 6) is 0.917. The van der Waals surface area contributed by atoms with E-state index in [0.717, 1.165) is 30.8 Å². The molecule has 1 saturated heterocycles. The van der Waals surface area contributed by atoms with E-state index in [4.69, 9.17) is 9.47 Å². The number of morpholine rings is 1. The molecule has 1 aromatic rings. The summed E-state index contributed by atoms with van der Waals surface area (Å²) in [5.41, 5.74) is 1.11. The molecule has 5 nitrogen and oxygen atoms in total. The van der Waals surface area contributed by atoms with Crippen molar-refractivity contribution in [2.24, 2.45) is 0 Å². The van der Waals surface area contributed by atoms with Gasteiger partial charge < -0.3 is 14.8 Å². The minimum atomic E-state index is -0.00240. The van der Waals surface area contributed by atoms with Gasteiger partial charge in [0.2, 0.25) is 5.91 Å². The third-order valence-corrected chi connectivity index (χ3v) is 4.22. The Hall–Kier alpha value is -1.59. The largest absolute Gasteiger partial charge is 0.496 e. The predicted octanol–water partition coefficient (Wildman–Crippen LogP) is 1.85. The molecule has 0 radical (unpaired) electrons. The maximum atomic E-state index is 12.1. The van der Waals surface area contributed by atoms with Crippen molar-refractivity contribution in [3.8, 4) is 5.75 Å². The van der Waals surface area contributed by atoms with E-state index < -0.39 is 0 Å². The van der Waals surface area contributed by atoms with Crippen molar-refractivity contribution in [1.82, 2.24) is 10.2 Å². The maximum absolute atomic E-state index is 12.1. The summed E-state index contributed by atoms with van der Waals surface area (Å²) in [6.07, 6.45) is 1.19. The van der Waals surface area contributed by atoms with Crippen LogP contribution in [0, 0.1) is 0 Å². The smallest absolute Gasteiger partial charge is 0.222 e. The molecule has 1 atom stereocenters. The minimum Gasteiger partial charge on any atom is -0.496 e. The number of carbonyl (C=O) groups is 1. The lowest BCUT2D eigenvalue weighted by molar-refractivity contribution is -0.126. The van der Waals surface area contributed by atoms with Crippen LogP contribution in [0.5, 0.6) is 5.75 Å². The van der Waals surface area contributed by atoms with Crippen LogP contribution in [-0.4, -0.2) is 56.3 Å². The number of ether oxygens (including phenoxy) is 2. The number of amides is 1. The van der Waals surface area contributed by atoms with Crippen LogP contribution >= 0.6 is 0 Å². The Morgan fingerprint density at radius 2 is 2.22 bits per heavy atom. The third kappa shape index (κ3) is 5.52. The molecular formula is C18H28N2O3. The average molecular weight is 320 g/mol. The molecule has 23 heavy (non-hydrogen) atoms. The van der Waals surface area contributed by atoms with E-state index in [0.29, 0.717) is 25.6 Å². The summed E-state index contributed by atoms with van der Waals surface area (Å²) in [6, 6.07) is 8.39. The first-order valence-electron chi connectivity index (χ1n) is 8.34. The zero-order valence-corrected chi connectivity index (χ0v) is 14.4. The first-order valence-corrected chi connectivity index (χ1v) is 8.34. The molecule has 0 spiro atoms. The van der Waals surface area contributed by atoms with Crippen molar-refractivity contribution in [1.29, 1.82) is 0 Å². The maximum Gasteiger partial charge on any atom is 0.222 e. The number of methoxy groups -OCH3 is 1. The van der Waals surface area contributed by atoms with Gasteiger partial charge in [0.15, 0.2) is 0 Å². The number of benzene rings is 1. The second-order valence-electron chi connectivity index (χ2n) is 6.20. The fourth-order valence-electron chi connectivity index (χ4n) is 2.86. The molecule has 0 unspecified atom stereocenters. The summed E-state index contributed by atoms with van der Waals surface area (Å²) in [6.45, 7) is 7.45. The SMILES string of the molecule is COc1ccccc1CCNC(=O)C[C@@H]1CN(C(C)C)CCO1. The molecule has 1 heterocycles. The van der Waals surface area contributed by atoms with Crippen molar-refractivity contribution in [3.05, 3.63) is 29.8 Å². The second-order valence-corrected chi connectivity index (χ2v) is 6.20. The van der Waals surface area contributed by atoms with Crippen molar-refractivity contribution in [2.75, 3.05) is 33.4 Å². The van der Waals surface area contributed by atoms with Crippen molar-refractivity contribution in [2.45, 2.75) is 38.8 Å². The summed E-state index contributed by atoms with van der Waals surface area (Å²) < 4.78 is 11.0. The number of hydrogen-bond donors (Lipinski definition) is 1. The zero-order valence-electron chi connectivity index (χ0n) is 14.4. The Bertz CT molecular complexity index is 505. The van der Waals surface area contributed by atoms with Crippen LogP contribution in [0.25, 0.3) is 0 Å². The van der Waals surface area contributed by atoms with Gasteiger partial charge in [-0.2, -0.15) is 0 Å². The van der Waals surface area contributed by atoms with E-state index in [2.05, 4.69) is 24.1 Å². The summed E-state index contributed by atoms with van der Waals surface area (Å²) in [4.78, 5) is 14.4. The van der Waals surface area contributed by atoms with Gasteiger partial charge in [0, 0.05) is 25.7 Å². The van der Waals surface area contributed by atoms with Gasteiger partial charge >= 0.3 is 0 Å². The van der Waals surface area contributed by atoms with E-state index in [1.54, 1.807) is 7.11 Å². The normalized spacial score (nSPS) is 18.9. The van der Waals surface area contributed by atoms with Gasteiger partial charge in [0.05, 0.1) is 26.2 Å². The molecular weight excluding hydrogens is 292 g/mol. The van der Waals surface area contributed by atoms with Gasteiger partial charge in [-0.25, -0.2) is 0 Å². The fourth-order valence-corrected chi connectivity index (χ4v) is 2.86. The highest BCUT2D eigenvalue weighted by Gasteiger charge is 2.24. The molecule has 0 bridgehead atoms. The van der Waals surface area contributed by atoms with Crippen LogP contribution in [0.15, 0.2) is 24.3 Å². The summed E-state index contributed by atoms with van der Waals surface area (Å²) >= 11 is 0. The minimum absolute atomic E-state index is 0.00240. The Kier molecular flexibility index (Phi) is 6.86. The molecule has 1 fully saturated rings. The Labute approximate surface area is 139 Å². The van der Waals surface area contributed by atoms with E-state index in [1.165, 1.54) is 0 Å². The van der Waals surface area contributed by atoms with Gasteiger partial charge in [-0.15, -0.1) is 0 Å². The van der Waals surface area contributed by atoms with Crippen LogP contribution in [0.3, 0.4) is 0 Å². The van der Waals surface area contributed by atoms with E-state index in [9.17, 15) is 4.79 Å². The average Bonchev–Trinajstić information content (AvgIpc) is 2.55. The molecule has 0 saturated carbocycles. The quantitative estimate of drug-likeness (QED) is 0.833. The highest BCUT2D eigenvalue weighted by atomic mass is 16.5. The molecule has 0 aliphatic carbocycles. The zero-order chi connectivity index (χ0) is 16.7. The lowest BCUT2D eigenvalue weighted by Crippen LogP contribution is -2.47. The van der Waals surface area contributed by atoms with Crippen LogP contribution < -0.4 is 10.1 Å². The van der Waals surface area contributed by atoms with Crippen molar-refractivity contribution in [3.63, 3.8) is 0 Å². The predicted molar refractivity (Wildman–Crippen MR) is 90.8 cm³/mol. The Morgan fingerprint density at radius 3 is 2.96 bits per heavy atom. The number of carbonyl (C=O) groups excluding carboxylic acids is 1. The van der Waals surface area contributed by atoms with Crippen LogP contribution in [0.1, 0.15) is 25.8 Å². The number of nitrogens with zero attached hydrogens (tertiary/aromatic N) is 1. The third-order valence-electron chi connectivity index (χ3n) is 4.22. The van der Waals surface area contributed by atoms with Gasteiger partial charge in [-0.1, -0.05) is 18.2 Å². The fraction of sp³-hybridized carbons (Fsp3) is 0.611. The number of nitrogens with one attached hydrogen (secondary N) is 1.